The molecule has 4 nitrogen and oxygen atoms in total. The van der Waals surface area contributed by atoms with Crippen LogP contribution in [0.5, 0.6) is 0 Å². The number of hydrogen-bond acceptors (Lipinski definition) is 2. The first-order valence-corrected chi connectivity index (χ1v) is 9.04. The molecule has 0 amide bonds. The number of carbonyl (C=O) groups is 2. The van der Waals surface area contributed by atoms with E-state index in [2.05, 4.69) is 0 Å². The summed E-state index contributed by atoms with van der Waals surface area (Å²) in [4.78, 5) is 21.0. The highest BCUT2D eigenvalue weighted by Gasteiger charge is 1.96. The minimum atomic E-state index is -0.958. The first kappa shape index (κ1) is 24.9. The van der Waals surface area contributed by atoms with E-state index < -0.39 is 11.9 Å². The lowest BCUT2D eigenvalue weighted by Gasteiger charge is -1.95. The lowest BCUT2D eigenvalue weighted by atomic mass is 10.1. The molecule has 0 aliphatic heterocycles. The quantitative estimate of drug-likeness (QED) is 0.342. The summed E-state index contributed by atoms with van der Waals surface area (Å²) in [5.41, 5.74) is 4.06. The van der Waals surface area contributed by atoms with Gasteiger partial charge in [-0.3, -0.25) is 4.79 Å². The van der Waals surface area contributed by atoms with Gasteiger partial charge in [0, 0.05) is 12.5 Å². The van der Waals surface area contributed by atoms with Crippen LogP contribution in [0.25, 0.3) is 0 Å². The van der Waals surface area contributed by atoms with Crippen LogP contribution in [-0.4, -0.2) is 22.2 Å². The minimum absolute atomic E-state index is 0.155. The Morgan fingerprint density at radius 1 is 0.607 bits per heavy atom. The Morgan fingerprint density at radius 3 is 1.57 bits per heavy atom. The van der Waals surface area contributed by atoms with Crippen LogP contribution in [0, 0.1) is 0 Å². The largest absolute Gasteiger partial charge is 0.481 e. The summed E-state index contributed by atoms with van der Waals surface area (Å²) in [6.45, 7) is 7.74. The maximum atomic E-state index is 10.5. The highest BCUT2D eigenvalue weighted by Crippen LogP contribution is 2.05. The summed E-state index contributed by atoms with van der Waals surface area (Å²) < 4.78 is 0. The Bertz CT molecular complexity index is 766. The minimum Gasteiger partial charge on any atom is -0.481 e. The van der Waals surface area contributed by atoms with Crippen molar-refractivity contribution in [1.82, 2.24) is 0 Å². The standard InChI is InChI=1S/C24H30O4/c1-19(11-7-13-21(3)15-17-23(25)26)9-5-6-10-20(2)12-8-14-22(4)16-18-24(27)28/h5-15,17H,16,18H2,1-4H3,(H,25,26)(H,27,28)/b6-5+,11-7+,12-8+,17-15+,19-9+,20-10+,21-13+,22-14+. The summed E-state index contributed by atoms with van der Waals surface area (Å²) in [5, 5.41) is 17.2. The van der Waals surface area contributed by atoms with E-state index in [-0.39, 0.29) is 6.42 Å². The monoisotopic (exact) mass is 382 g/mol. The number of carboxylic acid groups (broad SMARTS) is 2. The number of hydrogen-bond donors (Lipinski definition) is 2. The van der Waals surface area contributed by atoms with Crippen molar-refractivity contribution in [2.45, 2.75) is 40.5 Å². The number of rotatable bonds is 11. The van der Waals surface area contributed by atoms with Gasteiger partial charge in [-0.2, -0.15) is 0 Å². The Morgan fingerprint density at radius 2 is 1.07 bits per heavy atom. The summed E-state index contributed by atoms with van der Waals surface area (Å²) in [7, 11) is 0. The molecule has 0 atom stereocenters. The predicted octanol–water partition coefficient (Wildman–Crippen LogP) is 5.95. The summed E-state index contributed by atoms with van der Waals surface area (Å²) in [6, 6.07) is 0. The second-order valence-corrected chi connectivity index (χ2v) is 6.41. The second kappa shape index (κ2) is 15.0. The number of carboxylic acids is 2. The smallest absolute Gasteiger partial charge is 0.328 e. The third-order valence-corrected chi connectivity index (χ3v) is 3.51. The van der Waals surface area contributed by atoms with Crippen molar-refractivity contribution >= 4 is 11.9 Å². The van der Waals surface area contributed by atoms with Gasteiger partial charge in [0.05, 0.1) is 0 Å². The predicted molar refractivity (Wildman–Crippen MR) is 116 cm³/mol. The maximum Gasteiger partial charge on any atom is 0.328 e. The Labute approximate surface area is 168 Å². The number of allylic oxidation sites excluding steroid dienone is 15. The maximum absolute atomic E-state index is 10.5. The highest BCUT2D eigenvalue weighted by molar-refractivity contribution is 5.80. The molecule has 0 saturated heterocycles. The molecule has 0 aliphatic carbocycles. The topological polar surface area (TPSA) is 74.6 Å². The first-order chi connectivity index (χ1) is 13.2. The van der Waals surface area contributed by atoms with E-state index in [0.717, 1.165) is 28.4 Å². The normalized spacial score (nSPS) is 14.9. The van der Waals surface area contributed by atoms with Crippen molar-refractivity contribution in [1.29, 1.82) is 0 Å². The molecule has 0 aliphatic rings. The molecule has 0 bridgehead atoms. The molecule has 0 saturated carbocycles. The molecule has 28 heavy (non-hydrogen) atoms. The van der Waals surface area contributed by atoms with Crippen molar-refractivity contribution in [3.63, 3.8) is 0 Å². The van der Waals surface area contributed by atoms with E-state index in [0.29, 0.717) is 6.42 Å². The molecule has 0 heterocycles. The van der Waals surface area contributed by atoms with Gasteiger partial charge < -0.3 is 10.2 Å². The summed E-state index contributed by atoms with van der Waals surface area (Å²) >= 11 is 0. The molecule has 0 fully saturated rings. The Hall–Kier alpha value is -3.14. The van der Waals surface area contributed by atoms with E-state index in [9.17, 15) is 9.59 Å². The van der Waals surface area contributed by atoms with E-state index in [1.165, 1.54) is 0 Å². The van der Waals surface area contributed by atoms with Crippen molar-refractivity contribution in [2.75, 3.05) is 0 Å². The summed E-state index contributed by atoms with van der Waals surface area (Å²) in [6.07, 6.45) is 22.8. The van der Waals surface area contributed by atoms with Gasteiger partial charge in [0.2, 0.25) is 0 Å². The molecule has 0 rings (SSSR count). The average Bonchev–Trinajstić information content (AvgIpc) is 2.61. The van der Waals surface area contributed by atoms with Crippen LogP contribution in [-0.2, 0) is 9.59 Å². The van der Waals surface area contributed by atoms with Crippen molar-refractivity contribution in [2.24, 2.45) is 0 Å². The van der Waals surface area contributed by atoms with E-state index in [1.807, 2.05) is 88.5 Å². The van der Waals surface area contributed by atoms with E-state index in [1.54, 1.807) is 6.08 Å². The fourth-order valence-electron chi connectivity index (χ4n) is 1.89. The lowest BCUT2D eigenvalue weighted by molar-refractivity contribution is -0.137. The van der Waals surface area contributed by atoms with Crippen LogP contribution >= 0.6 is 0 Å². The molecule has 0 aromatic rings. The third-order valence-electron chi connectivity index (χ3n) is 3.51. The van der Waals surface area contributed by atoms with E-state index >= 15 is 0 Å². The molecule has 4 heteroatoms. The number of aliphatic carboxylic acids is 2. The van der Waals surface area contributed by atoms with Gasteiger partial charge in [-0.25, -0.2) is 4.79 Å². The first-order valence-electron chi connectivity index (χ1n) is 9.04. The molecule has 0 aromatic heterocycles. The molecular weight excluding hydrogens is 352 g/mol. The summed E-state index contributed by atoms with van der Waals surface area (Å²) in [5.74, 6) is -1.74. The molecule has 2 N–H and O–H groups in total. The zero-order valence-corrected chi connectivity index (χ0v) is 17.1. The second-order valence-electron chi connectivity index (χ2n) is 6.41. The third kappa shape index (κ3) is 16.3. The fraction of sp³-hybridized carbons (Fsp3) is 0.250. The molecule has 0 spiro atoms. The van der Waals surface area contributed by atoms with Crippen LogP contribution in [0.15, 0.2) is 95.2 Å². The molecular formula is C24H30O4. The van der Waals surface area contributed by atoms with Crippen LogP contribution in [0.2, 0.25) is 0 Å². The average molecular weight is 383 g/mol. The van der Waals surface area contributed by atoms with Gasteiger partial charge in [0.25, 0.3) is 0 Å². The highest BCUT2D eigenvalue weighted by atomic mass is 16.4. The molecule has 0 radical (unpaired) electrons. The molecule has 0 aromatic carbocycles. The molecule has 150 valence electrons. The fourth-order valence-corrected chi connectivity index (χ4v) is 1.89. The van der Waals surface area contributed by atoms with Crippen molar-refractivity contribution in [3.8, 4) is 0 Å². The lowest BCUT2D eigenvalue weighted by Crippen LogP contribution is -1.93. The van der Waals surface area contributed by atoms with Gasteiger partial charge in [-0.15, -0.1) is 0 Å². The van der Waals surface area contributed by atoms with Crippen molar-refractivity contribution < 1.29 is 19.8 Å². The van der Waals surface area contributed by atoms with Crippen LogP contribution in [0.3, 0.4) is 0 Å². The van der Waals surface area contributed by atoms with Gasteiger partial charge in [-0.1, -0.05) is 89.1 Å². The van der Waals surface area contributed by atoms with Crippen LogP contribution in [0.4, 0.5) is 0 Å². The molecule has 0 unspecified atom stereocenters. The van der Waals surface area contributed by atoms with Crippen LogP contribution < -0.4 is 0 Å². The SMILES string of the molecule is CC(/C=C/C=C(C)/C=C/C(=O)O)=C\C=C\C=C(C)\C=C\C=C(/C)CCC(=O)O. The van der Waals surface area contributed by atoms with Crippen molar-refractivity contribution in [3.05, 3.63) is 95.2 Å². The van der Waals surface area contributed by atoms with Gasteiger partial charge in [-0.05, 0) is 34.1 Å². The van der Waals surface area contributed by atoms with Gasteiger partial charge in [0.15, 0.2) is 0 Å². The van der Waals surface area contributed by atoms with E-state index in [4.69, 9.17) is 10.2 Å². The van der Waals surface area contributed by atoms with Gasteiger partial charge in [0.1, 0.15) is 0 Å². The van der Waals surface area contributed by atoms with Crippen LogP contribution in [0.1, 0.15) is 40.5 Å². The zero-order valence-electron chi connectivity index (χ0n) is 17.1. The zero-order chi connectivity index (χ0) is 21.4. The Balaban J connectivity index is 4.58. The Kier molecular flexibility index (Phi) is 13.3. The van der Waals surface area contributed by atoms with Gasteiger partial charge >= 0.3 is 11.9 Å².